The lowest BCUT2D eigenvalue weighted by Gasteiger charge is -2.24. The molecule has 73 heavy (non-hydrogen) atoms. The molecule has 0 saturated carbocycles. The topological polar surface area (TPSA) is 162 Å². The fourth-order valence-corrected chi connectivity index (χ4v) is 9.05. The first-order valence-corrected chi connectivity index (χ1v) is 26.4. The summed E-state index contributed by atoms with van der Waals surface area (Å²) in [4.78, 5) is 15.4. The van der Waals surface area contributed by atoms with Gasteiger partial charge in [0.2, 0.25) is 5.91 Å². The monoisotopic (exact) mass is 1070 g/mol. The van der Waals surface area contributed by atoms with Crippen LogP contribution in [0.4, 0.5) is 5.00 Å². The summed E-state index contributed by atoms with van der Waals surface area (Å²) in [7, 11) is 5.93. The van der Waals surface area contributed by atoms with Crippen LogP contribution in [0.3, 0.4) is 0 Å². The predicted molar refractivity (Wildman–Crippen MR) is 306 cm³/mol. The Bertz CT molecular complexity index is 2370. The molecule has 1 aliphatic rings. The van der Waals surface area contributed by atoms with E-state index < -0.39 is 0 Å². The quantitative estimate of drug-likeness (QED) is 0.0162. The van der Waals surface area contributed by atoms with Gasteiger partial charge in [-0.2, -0.15) is 10.2 Å². The summed E-state index contributed by atoms with van der Waals surface area (Å²) >= 11 is 12.4. The van der Waals surface area contributed by atoms with Crippen molar-refractivity contribution in [2.75, 3.05) is 106 Å². The average molecular weight is 1070 g/mol. The van der Waals surface area contributed by atoms with Crippen LogP contribution in [0, 0.1) is 13.8 Å². The molecule has 404 valence electrons. The van der Waals surface area contributed by atoms with Gasteiger partial charge in [0.1, 0.15) is 16.6 Å². The molecule has 1 saturated heterocycles. The standard InChI is InChI=1S/C20H24ClN3S.C16H32N2O5.C16H16N2OS.C2H6O.CH4O/c1-7-12-24(16(5)23-22-6)20-19(13(2)15(4)25-20)14(3)17-8-10-18(21)11-9-17;1-2-16(19)18-7-8-20-9-10-21-11-12-22-13-14-23-15-3-5-17-6-4-15;1-3-11-10-17-18-8-7-12(9-13(11)18)16-14(19-2)5-4-6-15(16)20;1-3-2;1-2/h8-11H,3,6-7,12H2,1-2,4-5H3;15,17H,2-14H2,1H3,(H,18,19);4-10,20H,3H2,1-2H3;1-2H3;2H,1H3/b23-16-;;;;. The zero-order valence-corrected chi connectivity index (χ0v) is 47.4. The van der Waals surface area contributed by atoms with Crippen molar-refractivity contribution in [3.8, 4) is 16.9 Å². The number of aryl methyl sites for hydroxylation is 2. The van der Waals surface area contributed by atoms with Crippen LogP contribution in [-0.4, -0.2) is 140 Å². The van der Waals surface area contributed by atoms with E-state index in [1.165, 1.54) is 16.0 Å². The van der Waals surface area contributed by atoms with Crippen LogP contribution in [0.2, 0.25) is 5.02 Å². The number of anilines is 1. The number of thiophene rings is 1. The molecule has 0 atom stereocenters. The summed E-state index contributed by atoms with van der Waals surface area (Å²) in [6.07, 6.45) is 8.93. The summed E-state index contributed by atoms with van der Waals surface area (Å²) in [6.45, 7) is 27.7. The number of hydrogen-bond donors (Lipinski definition) is 4. The number of piperidine rings is 1. The number of rotatable bonds is 23. The minimum Gasteiger partial charge on any atom is -0.496 e. The molecule has 3 aromatic heterocycles. The number of hydrogen-bond acceptors (Lipinski definition) is 14. The Morgan fingerprint density at radius 3 is 2.19 bits per heavy atom. The molecule has 0 aliphatic carbocycles. The molecule has 0 spiro atoms. The van der Waals surface area contributed by atoms with Crippen molar-refractivity contribution < 1.29 is 38.3 Å². The van der Waals surface area contributed by atoms with E-state index in [-0.39, 0.29) is 5.91 Å². The number of carbonyl (C=O) groups is 1. The Labute approximate surface area is 449 Å². The number of amides is 1. The number of amidine groups is 1. The zero-order valence-electron chi connectivity index (χ0n) is 44.9. The highest BCUT2D eigenvalue weighted by atomic mass is 35.5. The Morgan fingerprint density at radius 1 is 0.973 bits per heavy atom. The van der Waals surface area contributed by atoms with Crippen molar-refractivity contribution in [2.24, 2.45) is 10.2 Å². The molecular weight excluding hydrogens is 986 g/mol. The maximum absolute atomic E-state index is 11.0. The van der Waals surface area contributed by atoms with E-state index in [0.717, 1.165) is 112 Å². The molecule has 18 heteroatoms. The second-order valence-corrected chi connectivity index (χ2v) is 18.4. The molecule has 1 fully saturated rings. The van der Waals surface area contributed by atoms with E-state index in [0.29, 0.717) is 65.3 Å². The number of nitrogens with zero attached hydrogens (tertiary/aromatic N) is 5. The highest BCUT2D eigenvalue weighted by Crippen LogP contribution is 2.42. The number of benzene rings is 2. The van der Waals surface area contributed by atoms with Crippen LogP contribution in [0.15, 0.2) is 88.7 Å². The van der Waals surface area contributed by atoms with E-state index in [4.69, 9.17) is 40.4 Å². The average Bonchev–Trinajstić information content (AvgIpc) is 3.96. The number of halogens is 1. The molecule has 3 N–H and O–H groups in total. The SMILES string of the molecule is C=N/N=C(/C)N(CCC)c1sc(C)c(C)c1C(=C)c1ccc(Cl)cc1.CCC(=O)NCCOCCOCCOCCOC1CCNCC1.CCc1cnn2ccc(-c3c(S)cccc3OC)cc12.CO.COC. The van der Waals surface area contributed by atoms with Gasteiger partial charge >= 0.3 is 0 Å². The van der Waals surface area contributed by atoms with E-state index in [9.17, 15) is 4.79 Å². The zero-order chi connectivity index (χ0) is 54.0. The van der Waals surface area contributed by atoms with Gasteiger partial charge in [-0.15, -0.1) is 29.1 Å². The molecule has 1 aliphatic heterocycles. The van der Waals surface area contributed by atoms with Gasteiger partial charge in [0.05, 0.1) is 71.2 Å². The number of pyridine rings is 1. The van der Waals surface area contributed by atoms with Crippen molar-refractivity contribution in [3.63, 3.8) is 0 Å². The Morgan fingerprint density at radius 2 is 1.60 bits per heavy atom. The van der Waals surface area contributed by atoms with E-state index in [1.54, 1.807) is 32.7 Å². The van der Waals surface area contributed by atoms with Crippen LogP contribution in [-0.2, 0) is 34.9 Å². The van der Waals surface area contributed by atoms with Gasteiger partial charge in [-0.3, -0.25) is 4.79 Å². The third-order valence-electron chi connectivity index (χ3n) is 11.2. The normalized spacial score (nSPS) is 12.2. The first-order chi connectivity index (χ1) is 35.4. The van der Waals surface area contributed by atoms with Crippen molar-refractivity contribution >= 4 is 70.1 Å². The number of aliphatic hydroxyl groups is 1. The summed E-state index contributed by atoms with van der Waals surface area (Å²) in [5.74, 6) is 1.72. The lowest BCUT2D eigenvalue weighted by atomic mass is 9.97. The van der Waals surface area contributed by atoms with Gasteiger partial charge in [-0.1, -0.05) is 57.2 Å². The first kappa shape index (κ1) is 64.5. The minimum atomic E-state index is 0.0473. The molecule has 4 heterocycles. The number of ether oxygens (including phenoxy) is 6. The second-order valence-electron chi connectivity index (χ2n) is 16.3. The van der Waals surface area contributed by atoms with Crippen LogP contribution in [0.25, 0.3) is 22.2 Å². The van der Waals surface area contributed by atoms with Crippen molar-refractivity contribution in [2.45, 2.75) is 84.6 Å². The molecule has 2 aromatic carbocycles. The Hall–Kier alpha value is -4.66. The maximum Gasteiger partial charge on any atom is 0.219 e. The Balaban J connectivity index is 0.000000360. The molecule has 15 nitrogen and oxygen atoms in total. The van der Waals surface area contributed by atoms with Crippen LogP contribution in [0.5, 0.6) is 5.75 Å². The van der Waals surface area contributed by atoms with Crippen LogP contribution in [0.1, 0.15) is 80.5 Å². The van der Waals surface area contributed by atoms with E-state index in [1.807, 2.05) is 79.3 Å². The van der Waals surface area contributed by atoms with Crippen LogP contribution < -0.4 is 20.3 Å². The number of carbonyl (C=O) groups excluding carboxylic acids is 1. The maximum atomic E-state index is 11.0. The minimum absolute atomic E-state index is 0.0473. The van der Waals surface area contributed by atoms with Crippen LogP contribution >= 0.6 is 35.6 Å². The first-order valence-electron chi connectivity index (χ1n) is 24.7. The molecular formula is C55H82ClN7O8S2. The molecule has 1 amide bonds. The smallest absolute Gasteiger partial charge is 0.219 e. The fraction of sp³-hybridized carbons (Fsp3) is 0.491. The molecule has 6 rings (SSSR count). The fourth-order valence-electron chi connectivity index (χ4n) is 7.34. The molecule has 0 unspecified atom stereocenters. The largest absolute Gasteiger partial charge is 0.496 e. The molecule has 0 radical (unpaired) electrons. The highest BCUT2D eigenvalue weighted by Gasteiger charge is 2.23. The van der Waals surface area contributed by atoms with Crippen molar-refractivity contribution in [1.82, 2.24) is 20.2 Å². The lowest BCUT2D eigenvalue weighted by molar-refractivity contribution is -0.121. The van der Waals surface area contributed by atoms with Crippen molar-refractivity contribution in [3.05, 3.63) is 106 Å². The van der Waals surface area contributed by atoms with Gasteiger partial charge in [0.25, 0.3) is 0 Å². The van der Waals surface area contributed by atoms with Crippen molar-refractivity contribution in [1.29, 1.82) is 0 Å². The number of aliphatic hydroxyl groups excluding tert-OH is 1. The number of aromatic nitrogens is 2. The lowest BCUT2D eigenvalue weighted by Crippen LogP contribution is -2.33. The number of methoxy groups -OCH3 is 2. The van der Waals surface area contributed by atoms with E-state index >= 15 is 0 Å². The van der Waals surface area contributed by atoms with Gasteiger partial charge in [-0.05, 0) is 124 Å². The summed E-state index contributed by atoms with van der Waals surface area (Å²) < 4.78 is 33.5. The predicted octanol–water partition coefficient (Wildman–Crippen LogP) is 10.4. The van der Waals surface area contributed by atoms with Gasteiger partial charge in [0, 0.05) is 79.7 Å². The Kier molecular flexibility index (Phi) is 33.5. The van der Waals surface area contributed by atoms with E-state index in [2.05, 4.69) is 95.3 Å². The summed E-state index contributed by atoms with van der Waals surface area (Å²) in [5, 5.41) is 27.2. The number of nitrogens with one attached hydrogen (secondary N) is 2. The second kappa shape index (κ2) is 38.0. The number of fused-ring (bicyclic) bond motifs is 1. The van der Waals surface area contributed by atoms with Gasteiger partial charge < -0.3 is 49.1 Å². The van der Waals surface area contributed by atoms with Gasteiger partial charge in [-0.25, -0.2) is 4.52 Å². The third kappa shape index (κ3) is 22.4. The van der Waals surface area contributed by atoms with Gasteiger partial charge in [0.15, 0.2) is 0 Å². The number of thiol groups is 1. The summed E-state index contributed by atoms with van der Waals surface area (Å²) in [5.41, 5.74) is 8.95. The molecule has 0 bridgehead atoms. The summed E-state index contributed by atoms with van der Waals surface area (Å²) in [6, 6.07) is 17.9. The highest BCUT2D eigenvalue weighted by molar-refractivity contribution is 7.80. The third-order valence-corrected chi connectivity index (χ3v) is 13.0. The molecule has 5 aromatic rings.